The Labute approximate surface area is 112 Å². The van der Waals surface area contributed by atoms with Gasteiger partial charge in [-0.15, -0.1) is 0 Å². The predicted octanol–water partition coefficient (Wildman–Crippen LogP) is 2.29. The van der Waals surface area contributed by atoms with E-state index >= 15 is 0 Å². The summed E-state index contributed by atoms with van der Waals surface area (Å²) in [6.45, 7) is 4.35. The maximum Gasteiger partial charge on any atom is 0.0546 e. The van der Waals surface area contributed by atoms with Crippen LogP contribution in [0.1, 0.15) is 44.9 Å². The van der Waals surface area contributed by atoms with Crippen LogP contribution < -0.4 is 0 Å². The SMILES string of the molecule is CN(CCCCC1CCOCC1)CC1CC(O)C1. The molecule has 1 heterocycles. The Morgan fingerprint density at radius 2 is 1.83 bits per heavy atom. The van der Waals surface area contributed by atoms with Crippen LogP contribution in [0.4, 0.5) is 0 Å². The quantitative estimate of drug-likeness (QED) is 0.709. The van der Waals surface area contributed by atoms with Crippen LogP contribution in [0.3, 0.4) is 0 Å². The first kappa shape index (κ1) is 14.3. The van der Waals surface area contributed by atoms with Gasteiger partial charge in [-0.1, -0.05) is 12.8 Å². The van der Waals surface area contributed by atoms with Crippen molar-refractivity contribution in [3.63, 3.8) is 0 Å². The van der Waals surface area contributed by atoms with E-state index in [2.05, 4.69) is 11.9 Å². The van der Waals surface area contributed by atoms with Crippen molar-refractivity contribution in [2.75, 3.05) is 33.4 Å². The highest BCUT2D eigenvalue weighted by Gasteiger charge is 2.27. The van der Waals surface area contributed by atoms with E-state index < -0.39 is 0 Å². The minimum Gasteiger partial charge on any atom is -0.393 e. The van der Waals surface area contributed by atoms with E-state index in [4.69, 9.17) is 4.74 Å². The minimum atomic E-state index is -0.00285. The number of aliphatic hydroxyl groups is 1. The molecule has 106 valence electrons. The molecule has 0 aromatic heterocycles. The lowest BCUT2D eigenvalue weighted by molar-refractivity contribution is 0.0279. The zero-order valence-electron chi connectivity index (χ0n) is 11.8. The summed E-state index contributed by atoms with van der Waals surface area (Å²) in [7, 11) is 2.22. The number of unbranched alkanes of at least 4 members (excludes halogenated alkanes) is 1. The van der Waals surface area contributed by atoms with E-state index in [1.54, 1.807) is 0 Å². The summed E-state index contributed by atoms with van der Waals surface area (Å²) < 4.78 is 5.39. The fraction of sp³-hybridized carbons (Fsp3) is 1.00. The van der Waals surface area contributed by atoms with Crippen LogP contribution in [0.25, 0.3) is 0 Å². The van der Waals surface area contributed by atoms with Crippen molar-refractivity contribution in [1.82, 2.24) is 4.90 Å². The number of nitrogens with zero attached hydrogens (tertiary/aromatic N) is 1. The highest BCUT2D eigenvalue weighted by Crippen LogP contribution is 2.27. The lowest BCUT2D eigenvalue weighted by atomic mass is 9.82. The first-order valence-corrected chi connectivity index (χ1v) is 7.68. The van der Waals surface area contributed by atoms with Crippen molar-refractivity contribution < 1.29 is 9.84 Å². The second-order valence-corrected chi connectivity index (χ2v) is 6.31. The molecular weight excluding hydrogens is 226 g/mol. The van der Waals surface area contributed by atoms with Gasteiger partial charge in [0, 0.05) is 19.8 Å². The molecule has 1 N–H and O–H groups in total. The van der Waals surface area contributed by atoms with Crippen molar-refractivity contribution in [2.24, 2.45) is 11.8 Å². The molecule has 0 atom stereocenters. The molecule has 1 saturated carbocycles. The Bertz CT molecular complexity index is 223. The van der Waals surface area contributed by atoms with E-state index in [0.29, 0.717) is 0 Å². The maximum absolute atomic E-state index is 9.26. The van der Waals surface area contributed by atoms with Crippen molar-refractivity contribution in [1.29, 1.82) is 0 Å². The van der Waals surface area contributed by atoms with Crippen molar-refractivity contribution in [3.8, 4) is 0 Å². The number of hydrogen-bond acceptors (Lipinski definition) is 3. The highest BCUT2D eigenvalue weighted by atomic mass is 16.5. The van der Waals surface area contributed by atoms with Gasteiger partial charge in [-0.05, 0) is 57.5 Å². The van der Waals surface area contributed by atoms with Gasteiger partial charge in [0.15, 0.2) is 0 Å². The van der Waals surface area contributed by atoms with Gasteiger partial charge in [0.1, 0.15) is 0 Å². The van der Waals surface area contributed by atoms with Crippen LogP contribution in [-0.2, 0) is 4.74 Å². The first-order chi connectivity index (χ1) is 8.74. The Hall–Kier alpha value is -0.120. The van der Waals surface area contributed by atoms with Crippen LogP contribution in [0.15, 0.2) is 0 Å². The van der Waals surface area contributed by atoms with E-state index in [-0.39, 0.29) is 6.10 Å². The molecule has 0 amide bonds. The summed E-state index contributed by atoms with van der Waals surface area (Å²) in [5, 5.41) is 9.26. The molecule has 0 unspecified atom stereocenters. The summed E-state index contributed by atoms with van der Waals surface area (Å²) in [4.78, 5) is 2.44. The summed E-state index contributed by atoms with van der Waals surface area (Å²) >= 11 is 0. The van der Waals surface area contributed by atoms with Gasteiger partial charge in [0.05, 0.1) is 6.10 Å². The van der Waals surface area contributed by atoms with Crippen LogP contribution in [0.5, 0.6) is 0 Å². The maximum atomic E-state index is 9.26. The van der Waals surface area contributed by atoms with Crippen LogP contribution in [0.2, 0.25) is 0 Å². The molecule has 1 saturated heterocycles. The summed E-state index contributed by atoms with van der Waals surface area (Å²) in [5.74, 6) is 1.67. The third-order valence-electron chi connectivity index (χ3n) is 4.52. The first-order valence-electron chi connectivity index (χ1n) is 7.68. The lowest BCUT2D eigenvalue weighted by Crippen LogP contribution is -2.37. The number of hydrogen-bond donors (Lipinski definition) is 1. The molecule has 0 radical (unpaired) electrons. The molecule has 0 aromatic rings. The van der Waals surface area contributed by atoms with E-state index in [9.17, 15) is 5.11 Å². The van der Waals surface area contributed by atoms with Crippen LogP contribution >= 0.6 is 0 Å². The fourth-order valence-electron chi connectivity index (χ4n) is 3.23. The van der Waals surface area contributed by atoms with E-state index in [1.165, 1.54) is 45.2 Å². The Morgan fingerprint density at radius 1 is 1.11 bits per heavy atom. The molecular formula is C15H29NO2. The third-order valence-corrected chi connectivity index (χ3v) is 4.52. The predicted molar refractivity (Wildman–Crippen MR) is 73.6 cm³/mol. The van der Waals surface area contributed by atoms with Crippen molar-refractivity contribution in [3.05, 3.63) is 0 Å². The summed E-state index contributed by atoms with van der Waals surface area (Å²) in [6.07, 6.45) is 8.66. The summed E-state index contributed by atoms with van der Waals surface area (Å²) in [5.41, 5.74) is 0. The largest absolute Gasteiger partial charge is 0.393 e. The molecule has 1 aliphatic heterocycles. The zero-order valence-corrected chi connectivity index (χ0v) is 11.8. The average molecular weight is 255 g/mol. The van der Waals surface area contributed by atoms with Gasteiger partial charge in [0.25, 0.3) is 0 Å². The van der Waals surface area contributed by atoms with Gasteiger partial charge in [-0.3, -0.25) is 0 Å². The third kappa shape index (κ3) is 4.87. The highest BCUT2D eigenvalue weighted by molar-refractivity contribution is 4.80. The fourth-order valence-corrected chi connectivity index (χ4v) is 3.23. The molecule has 18 heavy (non-hydrogen) atoms. The normalized spacial score (nSPS) is 29.5. The van der Waals surface area contributed by atoms with Crippen molar-refractivity contribution in [2.45, 2.75) is 51.0 Å². The monoisotopic (exact) mass is 255 g/mol. The van der Waals surface area contributed by atoms with E-state index in [0.717, 1.165) is 37.9 Å². The molecule has 0 aromatic carbocycles. The van der Waals surface area contributed by atoms with E-state index in [1.807, 2.05) is 0 Å². The Kier molecular flexibility index (Phi) is 5.93. The number of rotatable bonds is 7. The van der Waals surface area contributed by atoms with Gasteiger partial charge in [0.2, 0.25) is 0 Å². The Balaban J connectivity index is 1.44. The van der Waals surface area contributed by atoms with Crippen molar-refractivity contribution >= 4 is 0 Å². The molecule has 3 heteroatoms. The van der Waals surface area contributed by atoms with Gasteiger partial charge in [-0.25, -0.2) is 0 Å². The molecule has 1 aliphatic carbocycles. The molecule has 2 rings (SSSR count). The van der Waals surface area contributed by atoms with Gasteiger partial charge in [-0.2, -0.15) is 0 Å². The minimum absolute atomic E-state index is 0.00285. The molecule has 3 nitrogen and oxygen atoms in total. The average Bonchev–Trinajstić information content (AvgIpc) is 2.34. The Morgan fingerprint density at radius 3 is 2.50 bits per heavy atom. The van der Waals surface area contributed by atoms with Crippen LogP contribution in [-0.4, -0.2) is 49.5 Å². The lowest BCUT2D eigenvalue weighted by Gasteiger charge is -2.34. The standard InChI is InChI=1S/C15H29NO2/c1-16(12-14-10-15(17)11-14)7-3-2-4-13-5-8-18-9-6-13/h13-15,17H,2-12H2,1H3. The van der Waals surface area contributed by atoms with Crippen LogP contribution in [0, 0.1) is 11.8 Å². The zero-order chi connectivity index (χ0) is 12.8. The van der Waals surface area contributed by atoms with Gasteiger partial charge >= 0.3 is 0 Å². The van der Waals surface area contributed by atoms with Gasteiger partial charge < -0.3 is 14.7 Å². The molecule has 0 bridgehead atoms. The molecule has 0 spiro atoms. The number of aliphatic hydroxyl groups excluding tert-OH is 1. The second-order valence-electron chi connectivity index (χ2n) is 6.31. The number of ether oxygens (including phenoxy) is 1. The topological polar surface area (TPSA) is 32.7 Å². The smallest absolute Gasteiger partial charge is 0.0546 e. The second kappa shape index (κ2) is 7.46. The molecule has 2 fully saturated rings. The summed E-state index contributed by atoms with van der Waals surface area (Å²) in [6, 6.07) is 0. The molecule has 2 aliphatic rings.